The van der Waals surface area contributed by atoms with E-state index in [0.29, 0.717) is 0 Å². The SMILES string of the molecule is CC.CCCCN(CCCC)c1ccccc1.Cc1ccccc1.Cc1ccccc1. The number of para-hydroxylation sites is 1. The number of hydrogen-bond donors (Lipinski definition) is 0. The predicted molar refractivity (Wildman–Crippen MR) is 142 cm³/mol. The lowest BCUT2D eigenvalue weighted by Gasteiger charge is -2.24. The molecule has 3 rings (SSSR count). The molecule has 0 amide bonds. The smallest absolute Gasteiger partial charge is 0.0366 e. The zero-order valence-electron chi connectivity index (χ0n) is 20.9. The van der Waals surface area contributed by atoms with Crippen molar-refractivity contribution >= 4 is 5.69 Å². The van der Waals surface area contributed by atoms with Crippen LogP contribution in [0.5, 0.6) is 0 Å². The van der Waals surface area contributed by atoms with E-state index in [1.165, 1.54) is 55.6 Å². The fourth-order valence-electron chi connectivity index (χ4n) is 2.78. The second-order valence-corrected chi connectivity index (χ2v) is 7.34. The normalized spacial score (nSPS) is 9.10. The summed E-state index contributed by atoms with van der Waals surface area (Å²) in [4.78, 5) is 2.51. The summed E-state index contributed by atoms with van der Waals surface area (Å²) in [6.45, 7) is 15.1. The Bertz CT molecular complexity index is 662. The van der Waals surface area contributed by atoms with Crippen LogP contribution in [-0.4, -0.2) is 13.1 Å². The third-order valence-corrected chi connectivity index (χ3v) is 4.57. The minimum Gasteiger partial charge on any atom is -0.372 e. The van der Waals surface area contributed by atoms with Crippen LogP contribution in [-0.2, 0) is 0 Å². The highest BCUT2D eigenvalue weighted by molar-refractivity contribution is 5.45. The van der Waals surface area contributed by atoms with Gasteiger partial charge in [0.05, 0.1) is 0 Å². The molecule has 0 bridgehead atoms. The van der Waals surface area contributed by atoms with Crippen LogP contribution >= 0.6 is 0 Å². The molecule has 0 aliphatic heterocycles. The molecule has 0 spiro atoms. The van der Waals surface area contributed by atoms with Gasteiger partial charge in [-0.15, -0.1) is 0 Å². The molecule has 0 aliphatic rings. The van der Waals surface area contributed by atoms with Crippen molar-refractivity contribution in [2.24, 2.45) is 0 Å². The Labute approximate surface area is 193 Å². The number of benzene rings is 3. The summed E-state index contributed by atoms with van der Waals surface area (Å²) in [5.74, 6) is 0. The number of aryl methyl sites for hydroxylation is 2. The number of anilines is 1. The van der Waals surface area contributed by atoms with E-state index in [1.807, 2.05) is 50.2 Å². The molecular formula is C30H45N. The molecule has 0 heterocycles. The molecule has 0 N–H and O–H groups in total. The summed E-state index contributed by atoms with van der Waals surface area (Å²) in [6, 6.07) is 31.3. The molecule has 1 nitrogen and oxygen atoms in total. The van der Waals surface area contributed by atoms with Crippen molar-refractivity contribution in [1.82, 2.24) is 0 Å². The second-order valence-electron chi connectivity index (χ2n) is 7.34. The van der Waals surface area contributed by atoms with E-state index in [9.17, 15) is 0 Å². The summed E-state index contributed by atoms with van der Waals surface area (Å²) in [7, 11) is 0. The molecule has 0 saturated heterocycles. The van der Waals surface area contributed by atoms with Gasteiger partial charge in [-0.25, -0.2) is 0 Å². The summed E-state index contributed by atoms with van der Waals surface area (Å²) >= 11 is 0. The van der Waals surface area contributed by atoms with Gasteiger partial charge in [0, 0.05) is 18.8 Å². The van der Waals surface area contributed by atoms with Crippen LogP contribution in [0.4, 0.5) is 5.69 Å². The van der Waals surface area contributed by atoms with E-state index in [1.54, 1.807) is 0 Å². The second kappa shape index (κ2) is 20.7. The first-order valence-corrected chi connectivity index (χ1v) is 12.0. The molecule has 170 valence electrons. The van der Waals surface area contributed by atoms with Gasteiger partial charge in [-0.05, 0) is 38.8 Å². The van der Waals surface area contributed by atoms with E-state index >= 15 is 0 Å². The maximum Gasteiger partial charge on any atom is 0.0366 e. The van der Waals surface area contributed by atoms with Crippen molar-refractivity contribution in [3.8, 4) is 0 Å². The molecule has 0 atom stereocenters. The number of hydrogen-bond acceptors (Lipinski definition) is 1. The molecule has 0 aliphatic carbocycles. The zero-order chi connectivity index (χ0) is 23.2. The van der Waals surface area contributed by atoms with E-state index < -0.39 is 0 Å². The average molecular weight is 420 g/mol. The van der Waals surface area contributed by atoms with Gasteiger partial charge in [-0.1, -0.05) is 131 Å². The third-order valence-electron chi connectivity index (χ3n) is 4.57. The van der Waals surface area contributed by atoms with Gasteiger partial charge in [-0.2, -0.15) is 0 Å². The van der Waals surface area contributed by atoms with Crippen LogP contribution in [0.3, 0.4) is 0 Å². The van der Waals surface area contributed by atoms with Crippen molar-refractivity contribution in [3.63, 3.8) is 0 Å². The Morgan fingerprint density at radius 3 is 1.10 bits per heavy atom. The molecule has 0 saturated carbocycles. The van der Waals surface area contributed by atoms with Crippen molar-refractivity contribution in [2.45, 2.75) is 67.2 Å². The van der Waals surface area contributed by atoms with Crippen molar-refractivity contribution in [2.75, 3.05) is 18.0 Å². The van der Waals surface area contributed by atoms with Gasteiger partial charge >= 0.3 is 0 Å². The molecule has 3 aromatic rings. The van der Waals surface area contributed by atoms with Crippen LogP contribution in [0.1, 0.15) is 64.5 Å². The molecule has 3 aromatic carbocycles. The van der Waals surface area contributed by atoms with Gasteiger partial charge in [0.15, 0.2) is 0 Å². The van der Waals surface area contributed by atoms with Gasteiger partial charge in [0.1, 0.15) is 0 Å². The lowest BCUT2D eigenvalue weighted by Crippen LogP contribution is -2.25. The largest absolute Gasteiger partial charge is 0.372 e. The van der Waals surface area contributed by atoms with E-state index in [4.69, 9.17) is 0 Å². The summed E-state index contributed by atoms with van der Waals surface area (Å²) in [5, 5.41) is 0. The lowest BCUT2D eigenvalue weighted by atomic mass is 10.2. The first-order valence-electron chi connectivity index (χ1n) is 12.0. The standard InChI is InChI=1S/C14H23N.2C7H8.C2H6/c1-3-5-12-15(13-6-4-2)14-10-8-7-9-11-14;2*1-7-5-3-2-4-6-7;1-2/h7-11H,3-6,12-13H2,1-2H3;2*2-6H,1H3;1-2H3. The molecule has 0 fully saturated rings. The highest BCUT2D eigenvalue weighted by Gasteiger charge is 2.03. The van der Waals surface area contributed by atoms with Crippen LogP contribution in [0.2, 0.25) is 0 Å². The fraction of sp³-hybridized carbons (Fsp3) is 0.400. The van der Waals surface area contributed by atoms with Crippen LogP contribution in [0.15, 0.2) is 91.0 Å². The summed E-state index contributed by atoms with van der Waals surface area (Å²) in [5.41, 5.74) is 4.02. The predicted octanol–water partition coefficient (Wildman–Crippen LogP) is 9.11. The quantitative estimate of drug-likeness (QED) is 0.369. The maximum absolute atomic E-state index is 2.51. The molecule has 0 radical (unpaired) electrons. The Morgan fingerprint density at radius 1 is 0.516 bits per heavy atom. The fourth-order valence-corrected chi connectivity index (χ4v) is 2.78. The minimum absolute atomic E-state index is 1.19. The van der Waals surface area contributed by atoms with Crippen molar-refractivity contribution in [3.05, 3.63) is 102 Å². The molecule has 1 heteroatoms. The van der Waals surface area contributed by atoms with Gasteiger partial charge in [-0.3, -0.25) is 0 Å². The van der Waals surface area contributed by atoms with E-state index in [-0.39, 0.29) is 0 Å². The van der Waals surface area contributed by atoms with Gasteiger partial charge < -0.3 is 4.90 Å². The number of unbranched alkanes of at least 4 members (excludes halogenated alkanes) is 2. The van der Waals surface area contributed by atoms with E-state index in [2.05, 4.69) is 87.2 Å². The molecule has 31 heavy (non-hydrogen) atoms. The first-order chi connectivity index (χ1) is 15.2. The summed E-state index contributed by atoms with van der Waals surface area (Å²) < 4.78 is 0. The highest BCUT2D eigenvalue weighted by Crippen LogP contribution is 2.14. The van der Waals surface area contributed by atoms with Crippen molar-refractivity contribution in [1.29, 1.82) is 0 Å². The van der Waals surface area contributed by atoms with Gasteiger partial charge in [0.2, 0.25) is 0 Å². The Morgan fingerprint density at radius 2 is 0.839 bits per heavy atom. The Hall–Kier alpha value is -2.54. The van der Waals surface area contributed by atoms with Crippen LogP contribution in [0.25, 0.3) is 0 Å². The van der Waals surface area contributed by atoms with Crippen molar-refractivity contribution < 1.29 is 0 Å². The molecule has 0 unspecified atom stereocenters. The monoisotopic (exact) mass is 419 g/mol. The minimum atomic E-state index is 1.19. The van der Waals surface area contributed by atoms with E-state index in [0.717, 1.165) is 0 Å². The Kier molecular flexibility index (Phi) is 19.0. The van der Waals surface area contributed by atoms with Crippen LogP contribution < -0.4 is 4.90 Å². The summed E-state index contributed by atoms with van der Waals surface area (Å²) in [6.07, 6.45) is 5.13. The van der Waals surface area contributed by atoms with Crippen LogP contribution in [0, 0.1) is 13.8 Å². The highest BCUT2D eigenvalue weighted by atomic mass is 15.1. The zero-order valence-corrected chi connectivity index (χ0v) is 20.9. The molecule has 0 aromatic heterocycles. The number of rotatable bonds is 7. The maximum atomic E-state index is 2.51. The average Bonchev–Trinajstić information content (AvgIpc) is 2.83. The first kappa shape index (κ1) is 28.5. The topological polar surface area (TPSA) is 3.24 Å². The van der Waals surface area contributed by atoms with Gasteiger partial charge in [0.25, 0.3) is 0 Å². The third kappa shape index (κ3) is 15.9. The molecular weight excluding hydrogens is 374 g/mol. The lowest BCUT2D eigenvalue weighted by molar-refractivity contribution is 0.678. The number of nitrogens with zero attached hydrogens (tertiary/aromatic N) is 1. The Balaban J connectivity index is 0.000000467.